The molecule has 2 aliphatic heterocycles. The van der Waals surface area contributed by atoms with E-state index in [1.165, 1.54) is 11.8 Å². The van der Waals surface area contributed by atoms with Crippen LogP contribution in [0.15, 0.2) is 0 Å². The molecule has 0 radical (unpaired) electrons. The van der Waals surface area contributed by atoms with Crippen LogP contribution in [0.1, 0.15) is 0 Å². The Morgan fingerprint density at radius 3 is 2.71 bits per heavy atom. The molecular weight excluding hydrogens is 240 g/mol. The molecule has 0 aromatic rings. The molecule has 2 heterocycles. The van der Waals surface area contributed by atoms with Gasteiger partial charge in [-0.05, 0) is 0 Å². The monoisotopic (exact) mass is 252 g/mol. The van der Waals surface area contributed by atoms with E-state index in [1.54, 1.807) is 0 Å². The highest BCUT2D eigenvalue weighted by atomic mass is 32.2. The van der Waals surface area contributed by atoms with Gasteiger partial charge in [-0.25, -0.2) is 13.4 Å². The van der Waals surface area contributed by atoms with Crippen molar-refractivity contribution in [3.05, 3.63) is 0 Å². The molecule has 0 unspecified atom stereocenters. The van der Waals surface area contributed by atoms with Gasteiger partial charge in [-0.15, -0.1) is 0 Å². The van der Waals surface area contributed by atoms with Gasteiger partial charge in [0.25, 0.3) is 0 Å². The number of sulfone groups is 1. The third-order valence-corrected chi connectivity index (χ3v) is 6.03. The number of rotatable bonds is 1. The average Bonchev–Trinajstić information content (AvgIpc) is 2.37. The molecule has 0 bridgehead atoms. The second-order valence-electron chi connectivity index (χ2n) is 3.76. The maximum atomic E-state index is 11.4. The van der Waals surface area contributed by atoms with Crippen molar-refractivity contribution in [1.29, 1.82) is 0 Å². The Morgan fingerprint density at radius 1 is 1.50 bits per heavy atom. The summed E-state index contributed by atoms with van der Waals surface area (Å²) in [5, 5.41) is 3.92. The lowest BCUT2D eigenvalue weighted by atomic mass is 10.2. The molecule has 4 nitrogen and oxygen atoms in total. The van der Waals surface area contributed by atoms with Gasteiger partial charge >= 0.3 is 0 Å². The highest BCUT2D eigenvalue weighted by Gasteiger charge is 2.48. The molecule has 0 spiro atoms. The van der Waals surface area contributed by atoms with Crippen LogP contribution in [0.2, 0.25) is 0 Å². The van der Waals surface area contributed by atoms with E-state index in [9.17, 15) is 8.42 Å². The van der Waals surface area contributed by atoms with Crippen LogP contribution in [0.3, 0.4) is 0 Å². The predicted octanol–water partition coefficient (Wildman–Crippen LogP) is -0.0377. The Kier molecular flexibility index (Phi) is 2.53. The maximum Gasteiger partial charge on any atom is 0.153 e. The van der Waals surface area contributed by atoms with E-state index < -0.39 is 9.84 Å². The maximum absolute atomic E-state index is 11.4. The first-order valence-corrected chi connectivity index (χ1v) is 7.39. The second-order valence-corrected chi connectivity index (χ2v) is 7.79. The summed E-state index contributed by atoms with van der Waals surface area (Å²) >= 11 is 6.71. The predicted molar refractivity (Wildman–Crippen MR) is 61.9 cm³/mol. The first-order chi connectivity index (χ1) is 6.41. The van der Waals surface area contributed by atoms with Gasteiger partial charge in [-0.1, -0.05) is 24.0 Å². The first kappa shape index (κ1) is 10.7. The number of thiocarbonyl (C=S) groups is 1. The van der Waals surface area contributed by atoms with Crippen LogP contribution in [-0.2, 0) is 9.84 Å². The molecule has 7 heteroatoms. The number of hydrogen-bond acceptors (Lipinski definition) is 5. The van der Waals surface area contributed by atoms with Gasteiger partial charge < -0.3 is 0 Å². The largest absolute Gasteiger partial charge is 0.286 e. The van der Waals surface area contributed by atoms with Gasteiger partial charge in [0.1, 0.15) is 0 Å². The minimum atomic E-state index is -2.84. The number of fused-ring (bicyclic) bond motifs is 1. The molecule has 2 atom stereocenters. The summed E-state index contributed by atoms with van der Waals surface area (Å²) in [6.07, 6.45) is 0. The van der Waals surface area contributed by atoms with Crippen LogP contribution in [0.5, 0.6) is 0 Å². The molecule has 80 valence electrons. The standard InChI is InChI=1S/C7H12N2O2S3/c1-8(2)9-5-3-14(10,11)4-6(5)13-7(9)12/h5-6H,3-4H2,1-2H3/t5-,6-/m0/s1. The van der Waals surface area contributed by atoms with Crippen molar-refractivity contribution < 1.29 is 8.42 Å². The molecule has 2 fully saturated rings. The average molecular weight is 252 g/mol. The Hall–Kier alpha value is 0.150. The van der Waals surface area contributed by atoms with E-state index in [0.29, 0.717) is 0 Å². The number of hydrogen-bond donors (Lipinski definition) is 0. The highest BCUT2D eigenvalue weighted by Crippen LogP contribution is 2.38. The van der Waals surface area contributed by atoms with Crippen LogP contribution < -0.4 is 0 Å². The molecule has 0 N–H and O–H groups in total. The molecular formula is C7H12N2O2S3. The van der Waals surface area contributed by atoms with Gasteiger partial charge in [0, 0.05) is 19.3 Å². The van der Waals surface area contributed by atoms with Crippen molar-refractivity contribution in [2.24, 2.45) is 0 Å². The Labute approximate surface area is 93.5 Å². The lowest BCUT2D eigenvalue weighted by Gasteiger charge is -2.30. The quantitative estimate of drug-likeness (QED) is 0.610. The molecule has 0 aromatic carbocycles. The van der Waals surface area contributed by atoms with Crippen molar-refractivity contribution >= 4 is 38.1 Å². The molecule has 2 saturated heterocycles. The minimum Gasteiger partial charge on any atom is -0.286 e. The summed E-state index contributed by atoms with van der Waals surface area (Å²) in [7, 11) is 0.934. The van der Waals surface area contributed by atoms with E-state index in [1.807, 2.05) is 24.1 Å². The third kappa shape index (κ3) is 1.66. The SMILES string of the molecule is CN(C)N1C(=S)S[C@H]2CS(=O)(=O)C[C@@H]21. The van der Waals surface area contributed by atoms with Crippen molar-refractivity contribution in [3.63, 3.8) is 0 Å². The van der Waals surface area contributed by atoms with E-state index in [2.05, 4.69) is 0 Å². The Bertz CT molecular complexity index is 365. The summed E-state index contributed by atoms with van der Waals surface area (Å²) < 4.78 is 23.6. The lowest BCUT2D eigenvalue weighted by Crippen LogP contribution is -2.45. The fourth-order valence-electron chi connectivity index (χ4n) is 1.92. The van der Waals surface area contributed by atoms with Crippen LogP contribution in [0.4, 0.5) is 0 Å². The van der Waals surface area contributed by atoms with Crippen molar-refractivity contribution in [2.75, 3.05) is 25.6 Å². The van der Waals surface area contributed by atoms with Crippen LogP contribution >= 0.6 is 24.0 Å². The van der Waals surface area contributed by atoms with Crippen LogP contribution in [-0.4, -0.2) is 59.6 Å². The normalized spacial score (nSPS) is 35.4. The van der Waals surface area contributed by atoms with Gasteiger partial charge in [0.2, 0.25) is 0 Å². The lowest BCUT2D eigenvalue weighted by molar-refractivity contribution is 0.0874. The smallest absolute Gasteiger partial charge is 0.153 e. The molecule has 0 amide bonds. The summed E-state index contributed by atoms with van der Waals surface area (Å²) in [4.78, 5) is 0. The zero-order chi connectivity index (χ0) is 10.5. The van der Waals surface area contributed by atoms with Crippen molar-refractivity contribution in [2.45, 2.75) is 11.3 Å². The zero-order valence-electron chi connectivity index (χ0n) is 8.00. The van der Waals surface area contributed by atoms with Crippen molar-refractivity contribution in [3.8, 4) is 0 Å². The Balaban J connectivity index is 2.26. The number of thioether (sulfide) groups is 1. The summed E-state index contributed by atoms with van der Waals surface area (Å²) in [6, 6.07) is 0.0486. The van der Waals surface area contributed by atoms with Crippen LogP contribution in [0, 0.1) is 0 Å². The van der Waals surface area contributed by atoms with Gasteiger partial charge in [0.15, 0.2) is 14.2 Å². The minimum absolute atomic E-state index is 0.0486. The van der Waals surface area contributed by atoms with Gasteiger partial charge in [-0.2, -0.15) is 0 Å². The number of nitrogens with zero attached hydrogens (tertiary/aromatic N) is 2. The topological polar surface area (TPSA) is 40.6 Å². The van der Waals surface area contributed by atoms with Gasteiger partial charge in [-0.3, -0.25) is 5.01 Å². The fraction of sp³-hybridized carbons (Fsp3) is 0.857. The summed E-state index contributed by atoms with van der Waals surface area (Å²) in [5.74, 6) is 0.510. The summed E-state index contributed by atoms with van der Waals surface area (Å²) in [5.41, 5.74) is 0. The molecule has 0 saturated carbocycles. The number of hydrazine groups is 1. The van der Waals surface area contributed by atoms with Gasteiger partial charge in [0.05, 0.1) is 17.5 Å². The van der Waals surface area contributed by atoms with E-state index in [4.69, 9.17) is 12.2 Å². The van der Waals surface area contributed by atoms with Crippen LogP contribution in [0.25, 0.3) is 0 Å². The van der Waals surface area contributed by atoms with E-state index in [-0.39, 0.29) is 22.8 Å². The zero-order valence-corrected chi connectivity index (χ0v) is 10.5. The Morgan fingerprint density at radius 2 is 2.14 bits per heavy atom. The molecule has 2 aliphatic rings. The third-order valence-electron chi connectivity index (χ3n) is 2.46. The highest BCUT2D eigenvalue weighted by molar-refractivity contribution is 8.24. The first-order valence-electron chi connectivity index (χ1n) is 4.28. The molecule has 2 rings (SSSR count). The fourth-order valence-corrected chi connectivity index (χ4v) is 6.39. The molecule has 14 heavy (non-hydrogen) atoms. The summed E-state index contributed by atoms with van der Waals surface area (Å²) in [6.45, 7) is 0. The van der Waals surface area contributed by atoms with Crippen molar-refractivity contribution in [1.82, 2.24) is 10.0 Å². The second kappa shape index (κ2) is 3.33. The van der Waals surface area contributed by atoms with E-state index in [0.717, 1.165) is 4.32 Å². The van der Waals surface area contributed by atoms with E-state index >= 15 is 0 Å². The molecule has 0 aliphatic carbocycles. The molecule has 0 aromatic heterocycles.